The number of nitriles is 1. The van der Waals surface area contributed by atoms with Gasteiger partial charge in [0.2, 0.25) is 5.69 Å². The lowest BCUT2D eigenvalue weighted by Crippen LogP contribution is -2.31. The molecule has 0 amide bonds. The van der Waals surface area contributed by atoms with E-state index in [1.54, 1.807) is 23.7 Å². The predicted octanol–water partition coefficient (Wildman–Crippen LogP) is 8.42. The second-order valence-corrected chi connectivity index (χ2v) is 10.3. The summed E-state index contributed by atoms with van der Waals surface area (Å²) in [6, 6.07) is 29.3. The van der Waals surface area contributed by atoms with Gasteiger partial charge in [0.15, 0.2) is 6.20 Å². The molecule has 196 valence electrons. The van der Waals surface area contributed by atoms with Gasteiger partial charge in [0, 0.05) is 38.8 Å². The molecule has 0 saturated heterocycles. The molecule has 0 aliphatic heterocycles. The Balaban J connectivity index is 1.70. The SMILES string of the molecule is [2H]C([2H])([2H])c1cc(-c2c(C)ccc3c2oc2c(C([2H])([2H])C(C)(c4ccccc4)c4ccccc4)cc(C#N)cc23)[n+](C)cc1C([2H])([2H])[2H]. The fourth-order valence-corrected chi connectivity index (χ4v) is 5.54. The first-order chi connectivity index (χ1) is 22.5. The molecule has 6 rings (SSSR count). The number of nitrogens with zero attached hydrogens (tertiary/aromatic N) is 2. The van der Waals surface area contributed by atoms with Crippen LogP contribution in [0, 0.1) is 32.0 Å². The van der Waals surface area contributed by atoms with E-state index in [0.29, 0.717) is 27.6 Å². The molecule has 0 aliphatic carbocycles. The average Bonchev–Trinajstić information content (AvgIpc) is 3.42. The molecule has 0 unspecified atom stereocenters. The zero-order chi connectivity index (χ0) is 34.8. The number of aromatic nitrogens is 1. The summed E-state index contributed by atoms with van der Waals surface area (Å²) in [6.07, 6.45) is -0.793. The van der Waals surface area contributed by atoms with Crippen LogP contribution in [-0.4, -0.2) is 0 Å². The number of benzene rings is 4. The Bertz CT molecular complexity index is 2190. The molecule has 6 aromatic rings. The van der Waals surface area contributed by atoms with E-state index in [4.69, 9.17) is 12.6 Å². The maximum Gasteiger partial charge on any atom is 0.216 e. The first-order valence-corrected chi connectivity index (χ1v) is 13.1. The van der Waals surface area contributed by atoms with Crippen molar-refractivity contribution in [1.29, 1.82) is 5.26 Å². The standard InChI is InChI=1S/C37H33N2O/c1-24-16-17-31-32-20-27(22-38)19-28(21-37(4,29-12-8-6-9-13-29)30-14-10-7-11-15-30)35(32)40-36(31)34(24)33-18-25(2)26(3)23-39(33)5/h6-20,23H,21H2,1-5H3/q+1/i2D3,3D3,21D2. The van der Waals surface area contributed by atoms with Crippen molar-refractivity contribution in [2.75, 3.05) is 0 Å². The van der Waals surface area contributed by atoms with E-state index >= 15 is 0 Å². The summed E-state index contributed by atoms with van der Waals surface area (Å²) in [5.41, 5.74) is 2.47. The van der Waals surface area contributed by atoms with Gasteiger partial charge in [-0.15, -0.1) is 0 Å². The third-order valence-corrected chi connectivity index (χ3v) is 7.70. The second-order valence-electron chi connectivity index (χ2n) is 10.3. The van der Waals surface area contributed by atoms with Gasteiger partial charge in [-0.25, -0.2) is 4.57 Å². The van der Waals surface area contributed by atoms with Gasteiger partial charge in [-0.1, -0.05) is 79.7 Å². The predicted molar refractivity (Wildman–Crippen MR) is 162 cm³/mol. The summed E-state index contributed by atoms with van der Waals surface area (Å²) in [5.74, 6) is 0. The Kier molecular flexibility index (Phi) is 4.37. The highest BCUT2D eigenvalue weighted by molar-refractivity contribution is 6.11. The summed E-state index contributed by atoms with van der Waals surface area (Å²) in [7, 11) is 1.65. The Morgan fingerprint density at radius 2 is 1.52 bits per heavy atom. The average molecular weight is 530 g/mol. The molecule has 4 aromatic carbocycles. The van der Waals surface area contributed by atoms with Crippen molar-refractivity contribution in [2.24, 2.45) is 7.05 Å². The van der Waals surface area contributed by atoms with Crippen LogP contribution in [0.3, 0.4) is 0 Å². The molecule has 3 nitrogen and oxygen atoms in total. The minimum Gasteiger partial charge on any atom is -0.455 e. The smallest absolute Gasteiger partial charge is 0.216 e. The van der Waals surface area contributed by atoms with Crippen LogP contribution in [0.1, 0.15) is 56.8 Å². The fourth-order valence-electron chi connectivity index (χ4n) is 5.54. The van der Waals surface area contributed by atoms with E-state index in [0.717, 1.165) is 16.7 Å². The topological polar surface area (TPSA) is 40.8 Å². The van der Waals surface area contributed by atoms with E-state index in [1.165, 1.54) is 12.3 Å². The van der Waals surface area contributed by atoms with E-state index in [2.05, 4.69) is 6.07 Å². The summed E-state index contributed by atoms with van der Waals surface area (Å²) in [6.45, 7) is -1.66. The molecule has 0 aliphatic rings. The highest BCUT2D eigenvalue weighted by Gasteiger charge is 2.31. The van der Waals surface area contributed by atoms with Crippen LogP contribution in [0.5, 0.6) is 0 Å². The highest BCUT2D eigenvalue weighted by Crippen LogP contribution is 2.42. The zero-order valence-electron chi connectivity index (χ0n) is 30.5. The molecule has 3 heteroatoms. The highest BCUT2D eigenvalue weighted by atomic mass is 16.3. The van der Waals surface area contributed by atoms with Gasteiger partial charge in [-0.05, 0) is 67.0 Å². The van der Waals surface area contributed by atoms with Gasteiger partial charge in [-0.2, -0.15) is 5.26 Å². The Labute approximate surface area is 247 Å². The Morgan fingerprint density at radius 1 is 0.850 bits per heavy atom. The third-order valence-electron chi connectivity index (χ3n) is 7.70. The van der Waals surface area contributed by atoms with Crippen molar-refractivity contribution in [3.8, 4) is 17.3 Å². The van der Waals surface area contributed by atoms with Crippen LogP contribution in [0.2, 0.25) is 0 Å². The van der Waals surface area contributed by atoms with Crippen LogP contribution < -0.4 is 4.57 Å². The molecule has 40 heavy (non-hydrogen) atoms. The number of pyridine rings is 1. The molecular weight excluding hydrogens is 488 g/mol. The molecule has 0 radical (unpaired) electrons. The Morgan fingerprint density at radius 3 is 2.15 bits per heavy atom. The molecule has 0 fully saturated rings. The van der Waals surface area contributed by atoms with E-state index in [1.807, 2.05) is 86.6 Å². The number of aryl methyl sites for hydroxylation is 4. The molecule has 2 heterocycles. The molecule has 2 aromatic heterocycles. The third kappa shape index (κ3) is 4.17. The van der Waals surface area contributed by atoms with Crippen molar-refractivity contribution in [2.45, 2.75) is 39.3 Å². The van der Waals surface area contributed by atoms with Crippen molar-refractivity contribution in [3.05, 3.63) is 136 Å². The minimum absolute atomic E-state index is 0.192. The van der Waals surface area contributed by atoms with E-state index in [9.17, 15) is 8.00 Å². The Hall–Kier alpha value is -4.68. The number of furan rings is 1. The molecular formula is C37H33N2O+. The van der Waals surface area contributed by atoms with Gasteiger partial charge in [-0.3, -0.25) is 0 Å². The first kappa shape index (κ1) is 17.8. The molecule has 0 atom stereocenters. The van der Waals surface area contributed by atoms with Crippen LogP contribution in [0.15, 0.2) is 102 Å². The second kappa shape index (κ2) is 9.81. The molecule has 0 saturated carbocycles. The molecule has 0 spiro atoms. The summed E-state index contributed by atoms with van der Waals surface area (Å²) < 4.78 is 76.4. The zero-order valence-corrected chi connectivity index (χ0v) is 22.5. The number of hydrogen-bond donors (Lipinski definition) is 0. The van der Waals surface area contributed by atoms with Crippen molar-refractivity contribution < 1.29 is 20.0 Å². The number of fused-ring (bicyclic) bond motifs is 3. The number of hydrogen-bond acceptors (Lipinski definition) is 2. The first-order valence-electron chi connectivity index (χ1n) is 17.1. The maximum atomic E-state index is 10.1. The maximum absolute atomic E-state index is 10.1. The van der Waals surface area contributed by atoms with Crippen LogP contribution in [0.25, 0.3) is 33.2 Å². The minimum atomic E-state index is -2.70. The molecule has 0 bridgehead atoms. The van der Waals surface area contributed by atoms with E-state index in [-0.39, 0.29) is 27.8 Å². The normalized spacial score (nSPS) is 15.7. The summed E-state index contributed by atoms with van der Waals surface area (Å²) in [4.78, 5) is 0. The summed E-state index contributed by atoms with van der Waals surface area (Å²) >= 11 is 0. The van der Waals surface area contributed by atoms with Gasteiger partial charge < -0.3 is 4.42 Å². The fraction of sp³-hybridized carbons (Fsp3) is 0.189. The molecule has 0 N–H and O–H groups in total. The van der Waals surface area contributed by atoms with Gasteiger partial charge in [0.05, 0.1) is 17.2 Å². The van der Waals surface area contributed by atoms with Crippen molar-refractivity contribution in [1.82, 2.24) is 0 Å². The van der Waals surface area contributed by atoms with Crippen LogP contribution >= 0.6 is 0 Å². The van der Waals surface area contributed by atoms with Gasteiger partial charge in [0.1, 0.15) is 18.2 Å². The monoisotopic (exact) mass is 529 g/mol. The lowest BCUT2D eigenvalue weighted by Gasteiger charge is -2.31. The quantitative estimate of drug-likeness (QED) is 0.210. The largest absolute Gasteiger partial charge is 0.455 e. The van der Waals surface area contributed by atoms with Crippen LogP contribution in [0.4, 0.5) is 0 Å². The van der Waals surface area contributed by atoms with Crippen molar-refractivity contribution in [3.63, 3.8) is 0 Å². The van der Waals surface area contributed by atoms with Crippen molar-refractivity contribution >= 4 is 21.9 Å². The lowest BCUT2D eigenvalue weighted by atomic mass is 9.72. The lowest BCUT2D eigenvalue weighted by molar-refractivity contribution is -0.660. The van der Waals surface area contributed by atoms with Gasteiger partial charge >= 0.3 is 0 Å². The number of rotatable bonds is 5. The summed E-state index contributed by atoms with van der Waals surface area (Å²) in [5, 5.41) is 11.3. The van der Waals surface area contributed by atoms with Gasteiger partial charge in [0.25, 0.3) is 0 Å². The van der Waals surface area contributed by atoms with E-state index < -0.39 is 25.5 Å². The van der Waals surface area contributed by atoms with Crippen LogP contribution in [-0.2, 0) is 18.8 Å².